The zero-order valence-electron chi connectivity index (χ0n) is 14.8. The van der Waals surface area contributed by atoms with Crippen LogP contribution in [0.3, 0.4) is 0 Å². The van der Waals surface area contributed by atoms with Gasteiger partial charge in [-0.3, -0.25) is 10.0 Å². The van der Waals surface area contributed by atoms with Crippen LogP contribution in [0, 0.1) is 0 Å². The van der Waals surface area contributed by atoms with Gasteiger partial charge in [-0.25, -0.2) is 10.0 Å². The molecule has 7 heteroatoms. The third-order valence-electron chi connectivity index (χ3n) is 3.94. The van der Waals surface area contributed by atoms with E-state index < -0.39 is 5.91 Å². The van der Waals surface area contributed by atoms with E-state index >= 15 is 0 Å². The maximum atomic E-state index is 12.2. The van der Waals surface area contributed by atoms with E-state index in [0.717, 1.165) is 26.7 Å². The summed E-state index contributed by atoms with van der Waals surface area (Å²) in [5.41, 5.74) is 2.53. The van der Waals surface area contributed by atoms with Gasteiger partial charge in [0.15, 0.2) is 0 Å². The normalized spacial score (nSPS) is 11.3. The lowest BCUT2D eigenvalue weighted by atomic mass is 10.2. The quantitative estimate of drug-likeness (QED) is 0.541. The van der Waals surface area contributed by atoms with Crippen LogP contribution in [-0.2, 0) is 13.5 Å². The van der Waals surface area contributed by atoms with Gasteiger partial charge in [0.1, 0.15) is 10.8 Å². The Hall–Kier alpha value is -2.38. The smallest absolute Gasteiger partial charge is 0.279 e. The average Bonchev–Trinajstić information content (AvgIpc) is 3.08. The maximum absolute atomic E-state index is 12.2. The molecular formula is C18H22N4O2S. The van der Waals surface area contributed by atoms with E-state index in [1.54, 1.807) is 0 Å². The molecule has 132 valence electrons. The third kappa shape index (κ3) is 3.52. The number of benzene rings is 1. The van der Waals surface area contributed by atoms with Crippen molar-refractivity contribution in [2.75, 3.05) is 12.4 Å². The highest BCUT2D eigenvalue weighted by atomic mass is 32.1. The molecular weight excluding hydrogens is 336 g/mol. The molecule has 0 fully saturated rings. The molecule has 2 aromatic heterocycles. The van der Waals surface area contributed by atoms with Gasteiger partial charge in [0.05, 0.1) is 16.6 Å². The fourth-order valence-corrected chi connectivity index (χ4v) is 3.93. The number of thiophene rings is 1. The molecule has 0 spiro atoms. The lowest BCUT2D eigenvalue weighted by Crippen LogP contribution is -2.23. The predicted molar refractivity (Wildman–Crippen MR) is 100 cm³/mol. The highest BCUT2D eigenvalue weighted by Gasteiger charge is 2.20. The van der Waals surface area contributed by atoms with E-state index in [2.05, 4.69) is 9.88 Å². The second-order valence-electron chi connectivity index (χ2n) is 6.34. The summed E-state index contributed by atoms with van der Waals surface area (Å²) in [4.78, 5) is 18.0. The van der Waals surface area contributed by atoms with Gasteiger partial charge < -0.3 is 9.88 Å². The van der Waals surface area contributed by atoms with Gasteiger partial charge in [-0.2, -0.15) is 0 Å². The van der Waals surface area contributed by atoms with Gasteiger partial charge in [-0.1, -0.05) is 12.1 Å². The van der Waals surface area contributed by atoms with E-state index in [1.165, 1.54) is 18.4 Å². The number of anilines is 1. The molecule has 0 aliphatic carbocycles. The van der Waals surface area contributed by atoms with Crippen molar-refractivity contribution in [3.05, 3.63) is 46.6 Å². The molecule has 0 bridgehead atoms. The number of fused-ring (bicyclic) bond motifs is 1. The summed E-state index contributed by atoms with van der Waals surface area (Å²) in [5.74, 6) is 0.519. The summed E-state index contributed by atoms with van der Waals surface area (Å²) >= 11 is 1.52. The Balaban J connectivity index is 1.96. The monoisotopic (exact) mass is 358 g/mol. The van der Waals surface area contributed by atoms with Crippen LogP contribution in [0.4, 0.5) is 5.00 Å². The average molecular weight is 358 g/mol. The summed E-state index contributed by atoms with van der Waals surface area (Å²) in [7, 11) is 3.34. The first-order chi connectivity index (χ1) is 11.9. The van der Waals surface area contributed by atoms with Gasteiger partial charge in [0.25, 0.3) is 5.91 Å². The van der Waals surface area contributed by atoms with Gasteiger partial charge in [-0.05, 0) is 32.0 Å². The largest absolute Gasteiger partial charge is 0.374 e. The zero-order chi connectivity index (χ0) is 18.1. The van der Waals surface area contributed by atoms with Crippen LogP contribution in [0.1, 0.15) is 34.9 Å². The topological polar surface area (TPSA) is 70.4 Å². The first-order valence-electron chi connectivity index (χ1n) is 8.13. The van der Waals surface area contributed by atoms with Gasteiger partial charge >= 0.3 is 0 Å². The van der Waals surface area contributed by atoms with E-state index in [-0.39, 0.29) is 6.04 Å². The lowest BCUT2D eigenvalue weighted by Gasteiger charge is -2.12. The van der Waals surface area contributed by atoms with Crippen molar-refractivity contribution in [2.24, 2.45) is 7.05 Å². The molecule has 3 rings (SSSR count). The number of carbonyl (C=O) groups excluding carboxylic acids is 1. The molecule has 1 aromatic carbocycles. The molecule has 0 aliphatic heterocycles. The van der Waals surface area contributed by atoms with Gasteiger partial charge in [0.2, 0.25) is 0 Å². The van der Waals surface area contributed by atoms with Gasteiger partial charge in [0, 0.05) is 31.4 Å². The van der Waals surface area contributed by atoms with Crippen molar-refractivity contribution in [3.63, 3.8) is 0 Å². The molecule has 2 heterocycles. The standard InChI is InChI=1S/C18H22N4O2S/c1-11(2)19-17-13(18(23)22(4)24)9-12(25-17)10-16-20-14-7-5-6-8-15(14)21(16)3/h5-9,11,19,24H,10H2,1-4H3. The molecule has 0 radical (unpaired) electrons. The molecule has 0 saturated carbocycles. The Morgan fingerprint density at radius 3 is 2.76 bits per heavy atom. The predicted octanol–water partition coefficient (Wildman–Crippen LogP) is 3.51. The Morgan fingerprint density at radius 2 is 2.12 bits per heavy atom. The van der Waals surface area contributed by atoms with Crippen molar-refractivity contribution in [3.8, 4) is 0 Å². The van der Waals surface area contributed by atoms with Crippen LogP contribution in [0.2, 0.25) is 0 Å². The van der Waals surface area contributed by atoms with E-state index in [4.69, 9.17) is 4.98 Å². The SMILES string of the molecule is CC(C)Nc1sc(Cc2nc3ccccc3n2C)cc1C(=O)N(C)O. The number of para-hydroxylation sites is 2. The number of imidazole rings is 1. The number of hydrogen-bond donors (Lipinski definition) is 2. The fourth-order valence-electron chi connectivity index (χ4n) is 2.74. The Bertz CT molecular complexity index is 911. The van der Waals surface area contributed by atoms with Gasteiger partial charge in [-0.15, -0.1) is 11.3 Å². The van der Waals surface area contributed by atoms with Crippen LogP contribution in [0.15, 0.2) is 30.3 Å². The summed E-state index contributed by atoms with van der Waals surface area (Å²) in [5, 5.41) is 14.2. The van der Waals surface area contributed by atoms with Crippen molar-refractivity contribution in [2.45, 2.75) is 26.3 Å². The number of hydrogen-bond acceptors (Lipinski definition) is 5. The van der Waals surface area contributed by atoms with Crippen molar-refractivity contribution < 1.29 is 10.0 Å². The van der Waals surface area contributed by atoms with Crippen LogP contribution in [0.25, 0.3) is 11.0 Å². The number of nitrogens with one attached hydrogen (secondary N) is 1. The molecule has 6 nitrogen and oxygen atoms in total. The second kappa shape index (κ2) is 6.85. The number of aryl methyl sites for hydroxylation is 1. The third-order valence-corrected chi connectivity index (χ3v) is 5.01. The van der Waals surface area contributed by atoms with Crippen LogP contribution < -0.4 is 5.32 Å². The molecule has 0 aliphatic rings. The summed E-state index contributed by atoms with van der Waals surface area (Å²) in [6.07, 6.45) is 0.630. The Kier molecular flexibility index (Phi) is 4.78. The number of carbonyl (C=O) groups is 1. The van der Waals surface area contributed by atoms with Crippen LogP contribution in [0.5, 0.6) is 0 Å². The minimum atomic E-state index is -0.421. The van der Waals surface area contributed by atoms with E-state index in [0.29, 0.717) is 17.0 Å². The molecule has 25 heavy (non-hydrogen) atoms. The van der Waals surface area contributed by atoms with Crippen molar-refractivity contribution in [1.29, 1.82) is 0 Å². The van der Waals surface area contributed by atoms with Crippen LogP contribution >= 0.6 is 11.3 Å². The highest BCUT2D eigenvalue weighted by molar-refractivity contribution is 7.16. The summed E-state index contributed by atoms with van der Waals surface area (Å²) < 4.78 is 2.07. The molecule has 2 N–H and O–H groups in total. The highest BCUT2D eigenvalue weighted by Crippen LogP contribution is 2.31. The zero-order valence-corrected chi connectivity index (χ0v) is 15.6. The lowest BCUT2D eigenvalue weighted by molar-refractivity contribution is -0.0373. The Morgan fingerprint density at radius 1 is 1.40 bits per heavy atom. The van der Waals surface area contributed by atoms with E-state index in [9.17, 15) is 10.0 Å². The second-order valence-corrected chi connectivity index (χ2v) is 7.47. The summed E-state index contributed by atoms with van der Waals surface area (Å²) in [6.45, 7) is 4.03. The summed E-state index contributed by atoms with van der Waals surface area (Å²) in [6, 6.07) is 10.0. The molecule has 0 unspecified atom stereocenters. The number of nitrogens with zero attached hydrogens (tertiary/aromatic N) is 3. The molecule has 0 saturated heterocycles. The minimum Gasteiger partial charge on any atom is -0.374 e. The van der Waals surface area contributed by atoms with E-state index in [1.807, 2.05) is 51.2 Å². The minimum absolute atomic E-state index is 0.192. The number of aromatic nitrogens is 2. The Labute approximate surface area is 150 Å². The molecule has 1 amide bonds. The molecule has 0 atom stereocenters. The van der Waals surface area contributed by atoms with Crippen molar-refractivity contribution in [1.82, 2.24) is 14.6 Å². The van der Waals surface area contributed by atoms with Crippen LogP contribution in [-0.4, -0.2) is 38.8 Å². The number of amides is 1. The maximum Gasteiger partial charge on any atom is 0.279 e. The number of rotatable bonds is 5. The van der Waals surface area contributed by atoms with Crippen molar-refractivity contribution >= 4 is 33.3 Å². The number of hydroxylamine groups is 2. The first kappa shape index (κ1) is 17.4. The fraction of sp³-hybridized carbons (Fsp3) is 0.333. The first-order valence-corrected chi connectivity index (χ1v) is 8.95. The molecule has 3 aromatic rings.